The van der Waals surface area contributed by atoms with Gasteiger partial charge in [0.1, 0.15) is 0 Å². The predicted molar refractivity (Wildman–Crippen MR) is 78.1 cm³/mol. The van der Waals surface area contributed by atoms with Gasteiger partial charge in [0.15, 0.2) is 0 Å². The van der Waals surface area contributed by atoms with Crippen molar-refractivity contribution in [2.75, 3.05) is 0 Å². The van der Waals surface area contributed by atoms with E-state index in [0.717, 1.165) is 6.42 Å². The molecule has 2 aromatic rings. The molecule has 0 aromatic heterocycles. The Hall–Kier alpha value is -1.38. The fraction of sp³-hybridized carbons (Fsp3) is 0.375. The quantitative estimate of drug-likeness (QED) is 0.635. The topological polar surface area (TPSA) is 38.0 Å². The Kier molecular flexibility index (Phi) is 3.69. The van der Waals surface area contributed by atoms with Crippen LogP contribution in [0.4, 0.5) is 0 Å². The van der Waals surface area contributed by atoms with E-state index in [1.165, 1.54) is 16.3 Å². The van der Waals surface area contributed by atoms with Crippen LogP contribution < -0.4 is 11.3 Å². The summed E-state index contributed by atoms with van der Waals surface area (Å²) in [6, 6.07) is 15.1. The van der Waals surface area contributed by atoms with E-state index in [1.807, 2.05) is 0 Å². The van der Waals surface area contributed by atoms with E-state index < -0.39 is 0 Å². The summed E-state index contributed by atoms with van der Waals surface area (Å²) in [5, 5.41) is 2.55. The second kappa shape index (κ2) is 5.09. The number of nitrogens with one attached hydrogen (secondary N) is 1. The SMILES string of the molecule is CC(C)(C)CC(NN)c1cccc2ccccc12. The average Bonchev–Trinajstić information content (AvgIpc) is 2.34. The van der Waals surface area contributed by atoms with Gasteiger partial charge in [0.2, 0.25) is 0 Å². The number of fused-ring (bicyclic) bond motifs is 1. The van der Waals surface area contributed by atoms with Crippen molar-refractivity contribution in [3.8, 4) is 0 Å². The summed E-state index contributed by atoms with van der Waals surface area (Å²) < 4.78 is 0. The zero-order chi connectivity index (χ0) is 13.2. The molecular weight excluding hydrogens is 220 g/mol. The van der Waals surface area contributed by atoms with Gasteiger partial charge in [-0.1, -0.05) is 63.2 Å². The van der Waals surface area contributed by atoms with E-state index in [1.54, 1.807) is 0 Å². The molecule has 0 amide bonds. The molecule has 2 rings (SSSR count). The highest BCUT2D eigenvalue weighted by molar-refractivity contribution is 5.86. The van der Waals surface area contributed by atoms with Gasteiger partial charge in [-0.25, -0.2) is 0 Å². The van der Waals surface area contributed by atoms with Crippen molar-refractivity contribution in [1.82, 2.24) is 5.43 Å². The van der Waals surface area contributed by atoms with Crippen LogP contribution in [0.1, 0.15) is 38.8 Å². The standard InChI is InChI=1S/C16H22N2/c1-16(2,3)11-15(18-17)14-10-6-8-12-7-4-5-9-13(12)14/h4-10,15,18H,11,17H2,1-3H3. The van der Waals surface area contributed by atoms with Crippen molar-refractivity contribution in [3.63, 3.8) is 0 Å². The first-order chi connectivity index (χ1) is 8.51. The molecule has 0 bridgehead atoms. The minimum absolute atomic E-state index is 0.191. The van der Waals surface area contributed by atoms with Crippen LogP contribution in [-0.4, -0.2) is 0 Å². The minimum Gasteiger partial charge on any atom is -0.271 e. The largest absolute Gasteiger partial charge is 0.271 e. The van der Waals surface area contributed by atoms with E-state index in [2.05, 4.69) is 68.7 Å². The van der Waals surface area contributed by atoms with Crippen molar-refractivity contribution in [3.05, 3.63) is 48.0 Å². The molecule has 0 spiro atoms. The summed E-state index contributed by atoms with van der Waals surface area (Å²) in [4.78, 5) is 0. The number of hydrogen-bond acceptors (Lipinski definition) is 2. The first-order valence-electron chi connectivity index (χ1n) is 6.45. The molecule has 0 fully saturated rings. The Morgan fingerprint density at radius 3 is 2.39 bits per heavy atom. The molecule has 96 valence electrons. The molecule has 18 heavy (non-hydrogen) atoms. The van der Waals surface area contributed by atoms with Crippen molar-refractivity contribution in [2.24, 2.45) is 11.3 Å². The summed E-state index contributed by atoms with van der Waals surface area (Å²) in [5.41, 5.74) is 4.49. The van der Waals surface area contributed by atoms with Gasteiger partial charge >= 0.3 is 0 Å². The van der Waals surface area contributed by atoms with Gasteiger partial charge in [0.25, 0.3) is 0 Å². The third kappa shape index (κ3) is 2.89. The fourth-order valence-corrected chi connectivity index (χ4v) is 2.43. The molecule has 0 radical (unpaired) electrons. The zero-order valence-electron chi connectivity index (χ0n) is 11.4. The van der Waals surface area contributed by atoms with E-state index in [0.29, 0.717) is 0 Å². The second-order valence-corrected chi connectivity index (χ2v) is 6.05. The van der Waals surface area contributed by atoms with E-state index in [4.69, 9.17) is 5.84 Å². The molecule has 1 atom stereocenters. The van der Waals surface area contributed by atoms with Gasteiger partial charge in [-0.2, -0.15) is 0 Å². The Labute approximate surface area is 109 Å². The van der Waals surface area contributed by atoms with Crippen molar-refractivity contribution < 1.29 is 0 Å². The molecule has 2 aromatic carbocycles. The maximum atomic E-state index is 5.75. The minimum atomic E-state index is 0.191. The summed E-state index contributed by atoms with van der Waals surface area (Å²) in [7, 11) is 0. The van der Waals surface area contributed by atoms with Crippen LogP contribution in [0, 0.1) is 5.41 Å². The summed E-state index contributed by atoms with van der Waals surface area (Å²) >= 11 is 0. The molecule has 1 unspecified atom stereocenters. The molecule has 0 saturated carbocycles. The lowest BCUT2D eigenvalue weighted by Gasteiger charge is -2.26. The Balaban J connectivity index is 2.45. The summed E-state index contributed by atoms with van der Waals surface area (Å²) in [6.07, 6.45) is 1.01. The van der Waals surface area contributed by atoms with Gasteiger partial charge in [-0.05, 0) is 28.2 Å². The van der Waals surface area contributed by atoms with Crippen molar-refractivity contribution in [2.45, 2.75) is 33.2 Å². The third-order valence-electron chi connectivity index (χ3n) is 3.22. The number of benzene rings is 2. The van der Waals surface area contributed by atoms with E-state index in [-0.39, 0.29) is 11.5 Å². The number of hydrogen-bond donors (Lipinski definition) is 2. The van der Waals surface area contributed by atoms with Crippen molar-refractivity contribution >= 4 is 10.8 Å². The summed E-state index contributed by atoms with van der Waals surface area (Å²) in [6.45, 7) is 6.72. The van der Waals surface area contributed by atoms with Gasteiger partial charge < -0.3 is 0 Å². The van der Waals surface area contributed by atoms with Gasteiger partial charge in [-0.3, -0.25) is 11.3 Å². The third-order valence-corrected chi connectivity index (χ3v) is 3.22. The maximum absolute atomic E-state index is 5.75. The van der Waals surface area contributed by atoms with Gasteiger partial charge in [0.05, 0.1) is 0 Å². The van der Waals surface area contributed by atoms with E-state index >= 15 is 0 Å². The normalized spacial score (nSPS) is 13.8. The fourth-order valence-electron chi connectivity index (χ4n) is 2.43. The van der Waals surface area contributed by atoms with Crippen LogP contribution in [0.25, 0.3) is 10.8 Å². The van der Waals surface area contributed by atoms with Gasteiger partial charge in [0, 0.05) is 6.04 Å². The van der Waals surface area contributed by atoms with Crippen LogP contribution in [0.15, 0.2) is 42.5 Å². The zero-order valence-corrected chi connectivity index (χ0v) is 11.4. The first-order valence-corrected chi connectivity index (χ1v) is 6.45. The second-order valence-electron chi connectivity index (χ2n) is 6.05. The van der Waals surface area contributed by atoms with Crippen LogP contribution in [0.2, 0.25) is 0 Å². The highest BCUT2D eigenvalue weighted by atomic mass is 15.2. The predicted octanol–water partition coefficient (Wildman–Crippen LogP) is 3.78. The lowest BCUT2D eigenvalue weighted by Crippen LogP contribution is -2.31. The summed E-state index contributed by atoms with van der Waals surface area (Å²) in [5.74, 6) is 5.75. The highest BCUT2D eigenvalue weighted by Gasteiger charge is 2.20. The van der Waals surface area contributed by atoms with Crippen LogP contribution in [0.3, 0.4) is 0 Å². The number of rotatable bonds is 3. The molecule has 2 heteroatoms. The van der Waals surface area contributed by atoms with Gasteiger partial charge in [-0.15, -0.1) is 0 Å². The molecule has 3 N–H and O–H groups in total. The van der Waals surface area contributed by atoms with E-state index in [9.17, 15) is 0 Å². The molecule has 0 aliphatic rings. The Morgan fingerprint density at radius 2 is 1.72 bits per heavy atom. The van der Waals surface area contributed by atoms with Crippen LogP contribution >= 0.6 is 0 Å². The lowest BCUT2D eigenvalue weighted by molar-refractivity contribution is 0.314. The maximum Gasteiger partial charge on any atom is 0.0471 e. The molecule has 0 heterocycles. The Morgan fingerprint density at radius 1 is 1.06 bits per heavy atom. The van der Waals surface area contributed by atoms with Crippen molar-refractivity contribution in [1.29, 1.82) is 0 Å². The lowest BCUT2D eigenvalue weighted by atomic mass is 9.84. The molecular formula is C16H22N2. The monoisotopic (exact) mass is 242 g/mol. The smallest absolute Gasteiger partial charge is 0.0471 e. The molecule has 0 aliphatic heterocycles. The molecule has 0 aliphatic carbocycles. The van der Waals surface area contributed by atoms with Crippen LogP contribution in [0.5, 0.6) is 0 Å². The van der Waals surface area contributed by atoms with Crippen LogP contribution in [-0.2, 0) is 0 Å². The average molecular weight is 242 g/mol. The molecule has 0 saturated heterocycles. The molecule has 2 nitrogen and oxygen atoms in total. The number of hydrazine groups is 1. The Bertz CT molecular complexity index is 521. The first kappa shape index (κ1) is 13.1. The highest BCUT2D eigenvalue weighted by Crippen LogP contribution is 2.32. The number of nitrogens with two attached hydrogens (primary N) is 1.